The van der Waals surface area contributed by atoms with Gasteiger partial charge in [0, 0.05) is 18.0 Å². The summed E-state index contributed by atoms with van der Waals surface area (Å²) in [4.78, 5) is 24.9. The van der Waals surface area contributed by atoms with Gasteiger partial charge in [0.15, 0.2) is 11.8 Å². The van der Waals surface area contributed by atoms with Crippen LogP contribution in [0.25, 0.3) is 22.2 Å². The number of carbonyl (C=O) groups is 1. The monoisotopic (exact) mass is 376 g/mol. The molecule has 0 unspecified atom stereocenters. The smallest absolute Gasteiger partial charge is 0.360 e. The van der Waals surface area contributed by atoms with E-state index < -0.39 is 12.1 Å². The van der Waals surface area contributed by atoms with E-state index in [-0.39, 0.29) is 17.1 Å². The summed E-state index contributed by atoms with van der Waals surface area (Å²) in [6.45, 7) is 1.63. The van der Waals surface area contributed by atoms with Crippen molar-refractivity contribution in [3.05, 3.63) is 76.5 Å². The standard InChI is InChI=1S/C20H16N4O4/c1-12(17-21-22-18(28-17)13-8-4-3-5-9-13)27-20(26)16-14-10-6-7-11-15(14)19(25)24(2)23-16/h3-12H,1-2H3/t12-/m0/s1. The van der Waals surface area contributed by atoms with Gasteiger partial charge in [0.25, 0.3) is 11.4 Å². The second-order valence-electron chi connectivity index (χ2n) is 6.18. The highest BCUT2D eigenvalue weighted by molar-refractivity contribution is 6.02. The fraction of sp³-hybridized carbons (Fsp3) is 0.150. The van der Waals surface area contributed by atoms with Gasteiger partial charge in [0.2, 0.25) is 5.89 Å². The van der Waals surface area contributed by atoms with Gasteiger partial charge in [-0.15, -0.1) is 10.2 Å². The van der Waals surface area contributed by atoms with Gasteiger partial charge in [-0.3, -0.25) is 4.79 Å². The van der Waals surface area contributed by atoms with Crippen LogP contribution in [0.2, 0.25) is 0 Å². The summed E-state index contributed by atoms with van der Waals surface area (Å²) in [6.07, 6.45) is -0.782. The van der Waals surface area contributed by atoms with Gasteiger partial charge in [-0.1, -0.05) is 36.4 Å². The molecule has 0 N–H and O–H groups in total. The molecule has 0 bridgehead atoms. The summed E-state index contributed by atoms with van der Waals surface area (Å²) in [5, 5.41) is 12.8. The molecule has 140 valence electrons. The van der Waals surface area contributed by atoms with Gasteiger partial charge in [0.05, 0.1) is 5.39 Å². The second-order valence-corrected chi connectivity index (χ2v) is 6.18. The Morgan fingerprint density at radius 3 is 2.46 bits per heavy atom. The lowest BCUT2D eigenvalue weighted by Gasteiger charge is -2.11. The minimum atomic E-state index is -0.782. The Morgan fingerprint density at radius 2 is 1.71 bits per heavy atom. The van der Waals surface area contributed by atoms with Crippen LogP contribution in [0.1, 0.15) is 29.4 Å². The van der Waals surface area contributed by atoms with Crippen LogP contribution in [0.15, 0.2) is 63.8 Å². The molecule has 0 spiro atoms. The number of nitrogens with zero attached hydrogens (tertiary/aromatic N) is 4. The molecule has 0 aliphatic rings. The average molecular weight is 376 g/mol. The molecular weight excluding hydrogens is 360 g/mol. The van der Waals surface area contributed by atoms with E-state index in [2.05, 4.69) is 15.3 Å². The molecule has 28 heavy (non-hydrogen) atoms. The number of fused-ring (bicyclic) bond motifs is 1. The minimum absolute atomic E-state index is 0.0485. The van der Waals surface area contributed by atoms with Gasteiger partial charge >= 0.3 is 5.97 Å². The maximum absolute atomic E-state index is 12.7. The van der Waals surface area contributed by atoms with Crippen LogP contribution in [-0.4, -0.2) is 25.9 Å². The number of aryl methyl sites for hydroxylation is 1. The topological polar surface area (TPSA) is 100 Å². The lowest BCUT2D eigenvalue weighted by atomic mass is 10.1. The van der Waals surface area contributed by atoms with E-state index in [0.717, 1.165) is 10.2 Å². The van der Waals surface area contributed by atoms with Crippen molar-refractivity contribution in [2.45, 2.75) is 13.0 Å². The highest BCUT2D eigenvalue weighted by Gasteiger charge is 2.23. The maximum Gasteiger partial charge on any atom is 0.360 e. The number of aromatic nitrogens is 4. The van der Waals surface area contributed by atoms with Crippen molar-refractivity contribution >= 4 is 16.7 Å². The Hall–Kier alpha value is -3.81. The molecule has 8 heteroatoms. The quantitative estimate of drug-likeness (QED) is 0.505. The first-order chi connectivity index (χ1) is 13.5. The van der Waals surface area contributed by atoms with E-state index in [9.17, 15) is 9.59 Å². The minimum Gasteiger partial charge on any atom is -0.448 e. The second kappa shape index (κ2) is 7.07. The number of carbonyl (C=O) groups excluding carboxylic acids is 1. The van der Waals surface area contributed by atoms with Crippen molar-refractivity contribution in [3.63, 3.8) is 0 Å². The first kappa shape index (κ1) is 17.6. The van der Waals surface area contributed by atoms with Gasteiger partial charge < -0.3 is 9.15 Å². The molecule has 8 nitrogen and oxygen atoms in total. The van der Waals surface area contributed by atoms with Crippen molar-refractivity contribution in [1.29, 1.82) is 0 Å². The molecule has 0 saturated heterocycles. The molecule has 0 saturated carbocycles. The van der Waals surface area contributed by atoms with Crippen LogP contribution in [0.4, 0.5) is 0 Å². The molecule has 0 aliphatic heterocycles. The van der Waals surface area contributed by atoms with Crippen molar-refractivity contribution in [2.75, 3.05) is 0 Å². The number of ether oxygens (including phenoxy) is 1. The van der Waals surface area contributed by atoms with Crippen molar-refractivity contribution in [3.8, 4) is 11.5 Å². The Kier molecular flexibility index (Phi) is 4.44. The third-order valence-corrected chi connectivity index (χ3v) is 4.24. The molecule has 0 radical (unpaired) electrons. The summed E-state index contributed by atoms with van der Waals surface area (Å²) >= 11 is 0. The number of hydrogen-bond donors (Lipinski definition) is 0. The normalized spacial score (nSPS) is 12.1. The summed E-state index contributed by atoms with van der Waals surface area (Å²) in [5.74, 6) is -0.177. The Labute approximate surface area is 159 Å². The lowest BCUT2D eigenvalue weighted by molar-refractivity contribution is 0.0273. The fourth-order valence-corrected chi connectivity index (χ4v) is 2.81. The number of benzene rings is 2. The van der Waals surface area contributed by atoms with Crippen LogP contribution in [-0.2, 0) is 11.8 Å². The maximum atomic E-state index is 12.7. The highest BCUT2D eigenvalue weighted by atomic mass is 16.6. The molecule has 2 heterocycles. The average Bonchev–Trinajstić information content (AvgIpc) is 3.22. The zero-order valence-corrected chi connectivity index (χ0v) is 15.2. The summed E-state index contributed by atoms with van der Waals surface area (Å²) in [5.41, 5.74) is 0.530. The van der Waals surface area contributed by atoms with Gasteiger partial charge in [-0.25, -0.2) is 9.48 Å². The molecular formula is C20H16N4O4. The molecule has 4 aromatic rings. The van der Waals surface area contributed by atoms with E-state index in [0.29, 0.717) is 16.7 Å². The van der Waals surface area contributed by atoms with Crippen LogP contribution >= 0.6 is 0 Å². The molecule has 1 atom stereocenters. The fourth-order valence-electron chi connectivity index (χ4n) is 2.81. The Bertz CT molecular complexity index is 1210. The van der Waals surface area contributed by atoms with Crippen LogP contribution in [0.5, 0.6) is 0 Å². The number of hydrogen-bond acceptors (Lipinski definition) is 7. The zero-order chi connectivity index (χ0) is 19.7. The van der Waals surface area contributed by atoms with E-state index in [4.69, 9.17) is 9.15 Å². The van der Waals surface area contributed by atoms with E-state index >= 15 is 0 Å². The first-order valence-corrected chi connectivity index (χ1v) is 8.60. The predicted octanol–water partition coefficient (Wildman–Crippen LogP) is 2.90. The van der Waals surface area contributed by atoms with Gasteiger partial charge in [-0.2, -0.15) is 5.10 Å². The van der Waals surface area contributed by atoms with Gasteiger partial charge in [-0.05, 0) is 25.1 Å². The zero-order valence-electron chi connectivity index (χ0n) is 15.2. The summed E-state index contributed by atoms with van der Waals surface area (Å²) < 4.78 is 12.2. The third kappa shape index (κ3) is 3.16. The SMILES string of the molecule is C[C@H](OC(=O)c1nn(C)c(=O)c2ccccc12)c1nnc(-c2ccccc2)o1. The third-order valence-electron chi connectivity index (χ3n) is 4.24. The van der Waals surface area contributed by atoms with Crippen LogP contribution < -0.4 is 5.56 Å². The van der Waals surface area contributed by atoms with Crippen LogP contribution in [0.3, 0.4) is 0 Å². The van der Waals surface area contributed by atoms with Crippen LogP contribution in [0, 0.1) is 0 Å². The van der Waals surface area contributed by atoms with E-state index in [1.807, 2.05) is 30.3 Å². The van der Waals surface area contributed by atoms with E-state index in [1.165, 1.54) is 7.05 Å². The molecule has 2 aromatic carbocycles. The first-order valence-electron chi connectivity index (χ1n) is 8.60. The van der Waals surface area contributed by atoms with Crippen molar-refractivity contribution in [2.24, 2.45) is 7.05 Å². The molecule has 4 rings (SSSR count). The number of esters is 1. The molecule has 0 aliphatic carbocycles. The summed E-state index contributed by atoms with van der Waals surface area (Å²) in [7, 11) is 1.49. The number of rotatable bonds is 4. The highest BCUT2D eigenvalue weighted by Crippen LogP contribution is 2.23. The molecule has 0 amide bonds. The van der Waals surface area contributed by atoms with Crippen molar-refractivity contribution in [1.82, 2.24) is 20.0 Å². The molecule has 2 aromatic heterocycles. The summed E-state index contributed by atoms with van der Waals surface area (Å²) in [6, 6.07) is 16.0. The molecule has 0 fully saturated rings. The largest absolute Gasteiger partial charge is 0.448 e. The van der Waals surface area contributed by atoms with E-state index in [1.54, 1.807) is 31.2 Å². The Morgan fingerprint density at radius 1 is 1.04 bits per heavy atom. The lowest BCUT2D eigenvalue weighted by Crippen LogP contribution is -2.24. The van der Waals surface area contributed by atoms with Gasteiger partial charge in [0.1, 0.15) is 0 Å². The Balaban J connectivity index is 1.61. The van der Waals surface area contributed by atoms with Crippen molar-refractivity contribution < 1.29 is 13.9 Å². The predicted molar refractivity (Wildman–Crippen MR) is 101 cm³/mol.